The zero-order valence-electron chi connectivity index (χ0n) is 24.7. The quantitative estimate of drug-likeness (QED) is 0.211. The first kappa shape index (κ1) is 35.3. The third-order valence-corrected chi connectivity index (χ3v) is 8.39. The predicted octanol–water partition coefficient (Wildman–Crippen LogP) is 13.1. The molecule has 0 atom stereocenters. The molecule has 0 bridgehead atoms. The molecule has 0 fully saturated rings. The number of ether oxygens (including phenoxy) is 1. The van der Waals surface area contributed by atoms with Crippen molar-refractivity contribution in [2.75, 3.05) is 0 Å². The van der Waals surface area contributed by atoms with Gasteiger partial charge in [-0.15, -0.1) is 0 Å². The number of hydrogen-bond acceptors (Lipinski definition) is 2. The summed E-state index contributed by atoms with van der Waals surface area (Å²) in [6, 6.07) is 22.8. The Morgan fingerprint density at radius 3 is 1.46 bits per heavy atom. The molecule has 2 nitrogen and oxygen atoms in total. The Labute approximate surface area is 273 Å². The largest absolute Gasteiger partial charge is 0.508 e. The fourth-order valence-corrected chi connectivity index (χ4v) is 5.05. The first-order chi connectivity index (χ1) is 18.9. The Hall–Kier alpha value is -1.88. The third-order valence-electron chi connectivity index (χ3n) is 5.95. The lowest BCUT2D eigenvalue weighted by atomic mass is 9.87. The molecule has 0 radical (unpaired) electrons. The normalized spacial score (nSPS) is 11.1. The molecule has 4 aromatic carbocycles. The SMILES string of the molecule is CC(C)(C)c1ccc(O)cc1.Cc1cc(Cl)c(Cl)c(Br)c1.Cc1cc(Cl)c(Cl)c(Oc2ccc(C(C)(C)C)cc2)c1. The molecule has 0 saturated heterocycles. The van der Waals surface area contributed by atoms with Gasteiger partial charge in [0.2, 0.25) is 0 Å². The van der Waals surface area contributed by atoms with Crippen molar-refractivity contribution in [3.8, 4) is 17.2 Å². The van der Waals surface area contributed by atoms with Crippen LogP contribution in [0.4, 0.5) is 0 Å². The lowest BCUT2D eigenvalue weighted by Gasteiger charge is -2.19. The van der Waals surface area contributed by atoms with Crippen LogP contribution in [0.1, 0.15) is 63.8 Å². The summed E-state index contributed by atoms with van der Waals surface area (Å²) in [7, 11) is 0. The second kappa shape index (κ2) is 15.0. The first-order valence-corrected chi connectivity index (χ1v) is 15.3. The molecular formula is C34H37BrCl4O2. The van der Waals surface area contributed by atoms with E-state index in [0.29, 0.717) is 31.6 Å². The van der Waals surface area contributed by atoms with Crippen molar-refractivity contribution < 1.29 is 9.84 Å². The van der Waals surface area contributed by atoms with Crippen molar-refractivity contribution in [3.63, 3.8) is 0 Å². The summed E-state index contributed by atoms with van der Waals surface area (Å²) in [5.74, 6) is 1.67. The van der Waals surface area contributed by atoms with E-state index in [1.54, 1.807) is 12.1 Å². The van der Waals surface area contributed by atoms with Crippen molar-refractivity contribution >= 4 is 62.3 Å². The number of aromatic hydroxyl groups is 1. The van der Waals surface area contributed by atoms with Gasteiger partial charge in [-0.05, 0) is 111 Å². The Kier molecular flexibility index (Phi) is 12.9. The molecule has 41 heavy (non-hydrogen) atoms. The number of benzene rings is 4. The summed E-state index contributed by atoms with van der Waals surface area (Å²) in [4.78, 5) is 0. The molecule has 0 saturated carbocycles. The summed E-state index contributed by atoms with van der Waals surface area (Å²) in [5, 5.41) is 11.1. The van der Waals surface area contributed by atoms with Crippen LogP contribution in [0.25, 0.3) is 0 Å². The highest BCUT2D eigenvalue weighted by Crippen LogP contribution is 2.36. The highest BCUT2D eigenvalue weighted by Gasteiger charge is 2.14. The van der Waals surface area contributed by atoms with Crippen LogP contribution < -0.4 is 4.74 Å². The van der Waals surface area contributed by atoms with Gasteiger partial charge >= 0.3 is 0 Å². The fraction of sp³-hybridized carbons (Fsp3) is 0.294. The summed E-state index contributed by atoms with van der Waals surface area (Å²) < 4.78 is 6.67. The molecular weight excluding hydrogens is 662 g/mol. The third kappa shape index (κ3) is 11.4. The topological polar surface area (TPSA) is 29.5 Å². The second-order valence-electron chi connectivity index (χ2n) is 11.8. The van der Waals surface area contributed by atoms with Crippen molar-refractivity contribution in [1.29, 1.82) is 0 Å². The van der Waals surface area contributed by atoms with E-state index in [9.17, 15) is 0 Å². The standard InChI is InChI=1S/C17H18Cl2O.C10H14O.C7H5BrCl2/c1-11-9-14(18)16(19)15(10-11)20-13-7-5-12(6-8-13)17(2,3)4;1-10(2,3)8-4-6-9(11)7-5-8;1-4-2-5(8)7(10)6(9)3-4/h5-10H,1-4H3;4-7,11H,1-3H3;2-3H,1H3. The van der Waals surface area contributed by atoms with Crippen molar-refractivity contribution in [3.05, 3.63) is 120 Å². The average molecular weight is 699 g/mol. The van der Waals surface area contributed by atoms with Gasteiger partial charge in [-0.25, -0.2) is 0 Å². The van der Waals surface area contributed by atoms with E-state index in [2.05, 4.69) is 69.6 Å². The van der Waals surface area contributed by atoms with Crippen molar-refractivity contribution in [2.45, 2.75) is 66.2 Å². The Morgan fingerprint density at radius 2 is 1.02 bits per heavy atom. The van der Waals surface area contributed by atoms with E-state index in [0.717, 1.165) is 21.3 Å². The summed E-state index contributed by atoms with van der Waals surface area (Å²) >= 11 is 27.0. The van der Waals surface area contributed by atoms with Crippen LogP contribution in [0.3, 0.4) is 0 Å². The number of phenols is 1. The predicted molar refractivity (Wildman–Crippen MR) is 182 cm³/mol. The molecule has 0 aliphatic rings. The second-order valence-corrected chi connectivity index (χ2v) is 14.2. The van der Waals surface area contributed by atoms with Gasteiger partial charge in [0.25, 0.3) is 0 Å². The highest BCUT2D eigenvalue weighted by molar-refractivity contribution is 9.10. The zero-order valence-corrected chi connectivity index (χ0v) is 29.3. The molecule has 7 heteroatoms. The van der Waals surface area contributed by atoms with Gasteiger partial charge in [0.15, 0.2) is 0 Å². The molecule has 1 N–H and O–H groups in total. The molecule has 0 aliphatic heterocycles. The Bertz CT molecular complexity index is 1410. The van der Waals surface area contributed by atoms with Crippen molar-refractivity contribution in [2.24, 2.45) is 0 Å². The summed E-state index contributed by atoms with van der Waals surface area (Å²) in [6.07, 6.45) is 0. The van der Waals surface area contributed by atoms with E-state index in [1.165, 1.54) is 11.1 Å². The van der Waals surface area contributed by atoms with Crippen molar-refractivity contribution in [1.82, 2.24) is 0 Å². The summed E-state index contributed by atoms with van der Waals surface area (Å²) in [6.45, 7) is 16.9. The number of hydrogen-bond donors (Lipinski definition) is 1. The van der Waals surface area contributed by atoms with Gasteiger partial charge in [-0.1, -0.05) is 112 Å². The molecule has 0 aromatic heterocycles. The maximum Gasteiger partial charge on any atom is 0.147 e. The number of phenolic OH excluding ortho intramolecular Hbond substituents is 1. The minimum atomic E-state index is 0.128. The minimum Gasteiger partial charge on any atom is -0.508 e. The smallest absolute Gasteiger partial charge is 0.147 e. The van der Waals surface area contributed by atoms with Crippen LogP contribution >= 0.6 is 62.3 Å². The number of rotatable bonds is 2. The van der Waals surface area contributed by atoms with E-state index in [4.69, 9.17) is 56.2 Å². The van der Waals surface area contributed by atoms with Crippen LogP contribution in [0.2, 0.25) is 20.1 Å². The van der Waals surface area contributed by atoms with Gasteiger partial charge in [-0.3, -0.25) is 0 Å². The molecule has 220 valence electrons. The van der Waals surface area contributed by atoms with E-state index < -0.39 is 0 Å². The van der Waals surface area contributed by atoms with Crippen LogP contribution in [-0.2, 0) is 10.8 Å². The molecule has 4 rings (SSSR count). The average Bonchev–Trinajstić information content (AvgIpc) is 2.86. The first-order valence-electron chi connectivity index (χ1n) is 13.0. The van der Waals surface area contributed by atoms with E-state index >= 15 is 0 Å². The minimum absolute atomic E-state index is 0.128. The number of halogens is 5. The molecule has 0 aliphatic carbocycles. The van der Waals surface area contributed by atoms with Crippen LogP contribution in [0, 0.1) is 13.8 Å². The Morgan fingerprint density at radius 1 is 0.610 bits per heavy atom. The van der Waals surface area contributed by atoms with E-state index in [-0.39, 0.29) is 10.8 Å². The van der Waals surface area contributed by atoms with Crippen LogP contribution in [-0.4, -0.2) is 5.11 Å². The molecule has 0 unspecified atom stereocenters. The van der Waals surface area contributed by atoms with Gasteiger partial charge in [0.05, 0.1) is 15.1 Å². The van der Waals surface area contributed by atoms with Gasteiger partial charge in [0, 0.05) is 4.47 Å². The number of aryl methyl sites for hydroxylation is 2. The molecule has 4 aromatic rings. The van der Waals surface area contributed by atoms with E-state index in [1.807, 2.05) is 62.4 Å². The molecule has 0 heterocycles. The zero-order chi connectivity index (χ0) is 31.1. The van der Waals surface area contributed by atoms with Gasteiger partial charge in [-0.2, -0.15) is 0 Å². The highest BCUT2D eigenvalue weighted by atomic mass is 79.9. The fourth-order valence-electron chi connectivity index (χ4n) is 3.56. The van der Waals surface area contributed by atoms with Crippen LogP contribution in [0.5, 0.6) is 17.2 Å². The Balaban J connectivity index is 0.000000236. The van der Waals surface area contributed by atoms with Gasteiger partial charge in [0.1, 0.15) is 22.3 Å². The maximum absolute atomic E-state index is 9.02. The lowest BCUT2D eigenvalue weighted by molar-refractivity contribution is 0.474. The molecule has 0 spiro atoms. The summed E-state index contributed by atoms with van der Waals surface area (Å²) in [5.41, 5.74) is 4.92. The van der Waals surface area contributed by atoms with Gasteiger partial charge < -0.3 is 9.84 Å². The van der Waals surface area contributed by atoms with Crippen LogP contribution in [0.15, 0.2) is 77.3 Å². The lowest BCUT2D eigenvalue weighted by Crippen LogP contribution is -2.10. The molecule has 0 amide bonds. The monoisotopic (exact) mass is 696 g/mol. The maximum atomic E-state index is 9.02.